The first-order valence-corrected chi connectivity index (χ1v) is 7.64. The fourth-order valence-electron chi connectivity index (χ4n) is 2.41. The molecule has 0 fully saturated rings. The van der Waals surface area contributed by atoms with Gasteiger partial charge in [0, 0.05) is 13.6 Å². The van der Waals surface area contributed by atoms with Gasteiger partial charge in [0.25, 0.3) is 5.56 Å². The molecule has 6 nitrogen and oxygen atoms in total. The van der Waals surface area contributed by atoms with Crippen LogP contribution in [0.15, 0.2) is 59.4 Å². The van der Waals surface area contributed by atoms with Gasteiger partial charge in [0.1, 0.15) is 5.82 Å². The van der Waals surface area contributed by atoms with Crippen LogP contribution in [0.1, 0.15) is 11.4 Å². The fraction of sp³-hybridized carbons (Fsp3) is 0.167. The first-order chi connectivity index (χ1) is 11.6. The second kappa shape index (κ2) is 6.95. The maximum atomic E-state index is 12.2. The highest BCUT2D eigenvalue weighted by Crippen LogP contribution is 2.07. The van der Waals surface area contributed by atoms with Crippen LogP contribution in [0.5, 0.6) is 0 Å². The molecule has 24 heavy (non-hydrogen) atoms. The highest BCUT2D eigenvalue weighted by molar-refractivity contribution is 5.77. The number of nitrogens with zero attached hydrogens (tertiary/aromatic N) is 2. The summed E-state index contributed by atoms with van der Waals surface area (Å²) in [5.41, 5.74) is 1.44. The second-order valence-corrected chi connectivity index (χ2v) is 5.53. The summed E-state index contributed by atoms with van der Waals surface area (Å²) < 4.78 is 0. The number of aromatic amines is 1. The van der Waals surface area contributed by atoms with Crippen LogP contribution < -0.4 is 10.9 Å². The minimum Gasteiger partial charge on any atom is -0.334 e. The van der Waals surface area contributed by atoms with Gasteiger partial charge in [-0.2, -0.15) is 0 Å². The van der Waals surface area contributed by atoms with Crippen molar-refractivity contribution in [1.82, 2.24) is 20.2 Å². The standard InChI is InChI=1S/C18H18N4O2/c1-22(18(24)19-11-13-7-3-2-4-8-13)12-16-20-15-10-6-5-9-14(15)17(23)21-16/h2-10H,11-12H2,1H3,(H,19,24)(H,20,21,23). The number of H-pyrrole nitrogens is 1. The number of para-hydroxylation sites is 1. The van der Waals surface area contributed by atoms with Gasteiger partial charge in [-0.15, -0.1) is 0 Å². The average Bonchev–Trinajstić information content (AvgIpc) is 2.60. The predicted molar refractivity (Wildman–Crippen MR) is 92.5 cm³/mol. The van der Waals surface area contributed by atoms with E-state index in [-0.39, 0.29) is 18.1 Å². The Hall–Kier alpha value is -3.15. The number of urea groups is 1. The van der Waals surface area contributed by atoms with Crippen molar-refractivity contribution in [3.05, 3.63) is 76.3 Å². The van der Waals surface area contributed by atoms with E-state index in [0.717, 1.165) is 5.56 Å². The number of carbonyl (C=O) groups is 1. The van der Waals surface area contributed by atoms with E-state index in [9.17, 15) is 9.59 Å². The maximum Gasteiger partial charge on any atom is 0.317 e. The molecule has 1 aromatic heterocycles. The van der Waals surface area contributed by atoms with Crippen molar-refractivity contribution < 1.29 is 4.79 Å². The maximum absolute atomic E-state index is 12.2. The summed E-state index contributed by atoms with van der Waals surface area (Å²) in [5.74, 6) is 0.455. The first kappa shape index (κ1) is 15.7. The van der Waals surface area contributed by atoms with Crippen molar-refractivity contribution in [1.29, 1.82) is 0 Å². The Kier molecular flexibility index (Phi) is 4.56. The van der Waals surface area contributed by atoms with E-state index in [1.54, 1.807) is 25.2 Å². The SMILES string of the molecule is CN(Cc1nc2ccccc2c(=O)[nH]1)C(=O)NCc1ccccc1. The molecule has 0 aliphatic heterocycles. The molecule has 6 heteroatoms. The van der Waals surface area contributed by atoms with Gasteiger partial charge in [-0.3, -0.25) is 4.79 Å². The fourth-order valence-corrected chi connectivity index (χ4v) is 2.41. The first-order valence-electron chi connectivity index (χ1n) is 7.64. The van der Waals surface area contributed by atoms with Crippen molar-refractivity contribution in [3.8, 4) is 0 Å². The molecule has 3 aromatic rings. The Balaban J connectivity index is 1.67. The Morgan fingerprint density at radius 1 is 1.12 bits per heavy atom. The monoisotopic (exact) mass is 322 g/mol. The molecule has 1 heterocycles. The molecule has 0 atom stereocenters. The van der Waals surface area contributed by atoms with Gasteiger partial charge in [0.05, 0.1) is 17.4 Å². The van der Waals surface area contributed by atoms with E-state index in [2.05, 4.69) is 15.3 Å². The lowest BCUT2D eigenvalue weighted by atomic mass is 10.2. The van der Waals surface area contributed by atoms with Crippen LogP contribution >= 0.6 is 0 Å². The zero-order chi connectivity index (χ0) is 16.9. The van der Waals surface area contributed by atoms with Gasteiger partial charge in [-0.05, 0) is 17.7 Å². The Morgan fingerprint density at radius 2 is 1.83 bits per heavy atom. The summed E-state index contributed by atoms with van der Waals surface area (Å²) in [6.45, 7) is 0.673. The Bertz CT molecular complexity index is 906. The third-order valence-corrected chi connectivity index (χ3v) is 3.68. The minimum atomic E-state index is -0.227. The number of benzene rings is 2. The van der Waals surface area contributed by atoms with E-state index < -0.39 is 0 Å². The molecule has 2 amide bonds. The van der Waals surface area contributed by atoms with Crippen LogP contribution in [0.25, 0.3) is 10.9 Å². The summed E-state index contributed by atoms with van der Waals surface area (Å²) in [6, 6.07) is 16.6. The molecule has 0 bridgehead atoms. The molecule has 0 unspecified atom stereocenters. The third-order valence-electron chi connectivity index (χ3n) is 3.68. The summed E-state index contributed by atoms with van der Waals surface area (Å²) >= 11 is 0. The predicted octanol–water partition coefficient (Wildman–Crippen LogP) is 2.26. The molecule has 0 radical (unpaired) electrons. The average molecular weight is 322 g/mol. The van der Waals surface area contributed by atoms with Crippen molar-refractivity contribution >= 4 is 16.9 Å². The molecule has 122 valence electrons. The highest BCUT2D eigenvalue weighted by Gasteiger charge is 2.11. The normalized spacial score (nSPS) is 10.5. The quantitative estimate of drug-likeness (QED) is 0.773. The molecule has 0 aliphatic rings. The smallest absolute Gasteiger partial charge is 0.317 e. The number of rotatable bonds is 4. The molecule has 0 saturated heterocycles. The molecule has 0 aliphatic carbocycles. The van der Waals surface area contributed by atoms with Gasteiger partial charge in [0.15, 0.2) is 0 Å². The van der Waals surface area contributed by atoms with Gasteiger partial charge >= 0.3 is 6.03 Å². The van der Waals surface area contributed by atoms with Crippen molar-refractivity contribution in [2.75, 3.05) is 7.05 Å². The number of hydrogen-bond donors (Lipinski definition) is 2. The zero-order valence-electron chi connectivity index (χ0n) is 13.3. The lowest BCUT2D eigenvalue weighted by Gasteiger charge is -2.17. The van der Waals surface area contributed by atoms with Gasteiger partial charge in [-0.1, -0.05) is 42.5 Å². The van der Waals surface area contributed by atoms with Crippen LogP contribution in [-0.4, -0.2) is 27.9 Å². The van der Waals surface area contributed by atoms with Crippen LogP contribution in [0.4, 0.5) is 4.79 Å². The van der Waals surface area contributed by atoms with Crippen molar-refractivity contribution in [3.63, 3.8) is 0 Å². The van der Waals surface area contributed by atoms with Crippen molar-refractivity contribution in [2.45, 2.75) is 13.1 Å². The van der Waals surface area contributed by atoms with Crippen LogP contribution in [0.2, 0.25) is 0 Å². The highest BCUT2D eigenvalue weighted by atomic mass is 16.2. The topological polar surface area (TPSA) is 78.1 Å². The molecule has 2 aromatic carbocycles. The summed E-state index contributed by atoms with van der Waals surface area (Å²) in [4.78, 5) is 32.8. The van der Waals surface area contributed by atoms with Crippen LogP contribution in [0.3, 0.4) is 0 Å². The van der Waals surface area contributed by atoms with E-state index in [4.69, 9.17) is 0 Å². The van der Waals surface area contributed by atoms with E-state index in [0.29, 0.717) is 23.3 Å². The van der Waals surface area contributed by atoms with Crippen LogP contribution in [0, 0.1) is 0 Å². The van der Waals surface area contributed by atoms with Gasteiger partial charge in [0.2, 0.25) is 0 Å². The minimum absolute atomic E-state index is 0.200. The molecule has 2 N–H and O–H groups in total. The number of hydrogen-bond acceptors (Lipinski definition) is 3. The molecule has 0 saturated carbocycles. The zero-order valence-corrected chi connectivity index (χ0v) is 13.3. The molecule has 3 rings (SSSR count). The summed E-state index contributed by atoms with van der Waals surface area (Å²) in [6.07, 6.45) is 0. The molecular weight excluding hydrogens is 304 g/mol. The number of nitrogens with one attached hydrogen (secondary N) is 2. The van der Waals surface area contributed by atoms with E-state index in [1.165, 1.54) is 4.90 Å². The lowest BCUT2D eigenvalue weighted by Crippen LogP contribution is -2.37. The van der Waals surface area contributed by atoms with E-state index in [1.807, 2.05) is 36.4 Å². The van der Waals surface area contributed by atoms with Gasteiger partial charge < -0.3 is 15.2 Å². The Morgan fingerprint density at radius 3 is 2.62 bits per heavy atom. The third kappa shape index (κ3) is 3.60. The number of fused-ring (bicyclic) bond motifs is 1. The Labute approximate surface area is 139 Å². The summed E-state index contributed by atoms with van der Waals surface area (Å²) in [5, 5.41) is 3.38. The summed E-state index contributed by atoms with van der Waals surface area (Å²) in [7, 11) is 1.66. The molecule has 0 spiro atoms. The number of aromatic nitrogens is 2. The lowest BCUT2D eigenvalue weighted by molar-refractivity contribution is 0.205. The molecular formula is C18H18N4O2. The van der Waals surface area contributed by atoms with E-state index >= 15 is 0 Å². The van der Waals surface area contributed by atoms with Crippen molar-refractivity contribution in [2.24, 2.45) is 0 Å². The second-order valence-electron chi connectivity index (χ2n) is 5.53. The number of carbonyl (C=O) groups excluding carboxylic acids is 1. The largest absolute Gasteiger partial charge is 0.334 e. The number of amides is 2. The van der Waals surface area contributed by atoms with Gasteiger partial charge in [-0.25, -0.2) is 9.78 Å². The van der Waals surface area contributed by atoms with Crippen LogP contribution in [-0.2, 0) is 13.1 Å².